The normalized spacial score (nSPS) is 22.2. The van der Waals surface area contributed by atoms with Gasteiger partial charge < -0.3 is 44.6 Å². The van der Waals surface area contributed by atoms with Crippen LogP contribution in [0.15, 0.2) is 85.1 Å². The first-order valence-corrected chi connectivity index (χ1v) is 26.1. The summed E-state index contributed by atoms with van der Waals surface area (Å²) in [5, 5.41) is 41.2. The molecule has 0 aromatic carbocycles. The quantitative estimate of drug-likeness (QED) is 0.00781. The Morgan fingerprint density at radius 2 is 1.02 bits per heavy atom. The number of hydrogen-bond acceptors (Lipinski definition) is 14. The second-order valence-electron chi connectivity index (χ2n) is 15.8. The lowest BCUT2D eigenvalue weighted by Crippen LogP contribution is -2.64. The first-order valence-electron chi connectivity index (χ1n) is 23.1. The molecular weight excluding hydrogens is 898 g/mol. The number of carbonyl (C=O) groups is 3. The molecule has 0 aliphatic heterocycles. The Balaban J connectivity index is 2.70. The number of ether oxygens (including phenoxy) is 2. The van der Waals surface area contributed by atoms with Crippen molar-refractivity contribution in [2.75, 3.05) is 13.2 Å². The predicted octanol–water partition coefficient (Wildman–Crippen LogP) is 7.79. The van der Waals surface area contributed by atoms with E-state index in [0.29, 0.717) is 51.4 Å². The largest absolute Gasteiger partial charge is 0.472 e. The summed E-state index contributed by atoms with van der Waals surface area (Å²) in [6.45, 7) is 2.82. The zero-order chi connectivity index (χ0) is 49.1. The zero-order valence-corrected chi connectivity index (χ0v) is 40.4. The van der Waals surface area contributed by atoms with E-state index in [2.05, 4.69) is 42.7 Å². The Kier molecular flexibility index (Phi) is 34.0. The topological polar surface area (TPSA) is 273 Å². The number of esters is 2. The predicted molar refractivity (Wildman–Crippen MR) is 250 cm³/mol. The highest BCUT2D eigenvalue weighted by Crippen LogP contribution is 2.49. The minimum absolute atomic E-state index is 0.00565. The van der Waals surface area contributed by atoms with Crippen molar-refractivity contribution in [3.05, 3.63) is 85.1 Å². The molecule has 0 spiro atoms. The SMILES string of the molecule is CCCCC/C=C\C/C=C\C/C=C\CCCCC(=O)O[C@H](COC(=O)CCC/C=C\C/C=C\C/C=C\C=C\C(=O)CCCCC)COP(=O)(O)O[C@H]1C(O)C(O)C(O)[C@@H](OP(=O)(O)O)C1O. The number of allylic oxidation sites excluding steroid dienone is 14. The van der Waals surface area contributed by atoms with Gasteiger partial charge in [0.05, 0.1) is 6.61 Å². The van der Waals surface area contributed by atoms with E-state index < -0.39 is 83.5 Å². The van der Waals surface area contributed by atoms with Gasteiger partial charge in [-0.1, -0.05) is 119 Å². The van der Waals surface area contributed by atoms with E-state index in [1.54, 1.807) is 12.2 Å². The molecule has 19 heteroatoms. The molecule has 0 amide bonds. The minimum Gasteiger partial charge on any atom is -0.462 e. The number of carbonyl (C=O) groups excluding carboxylic acids is 3. The van der Waals surface area contributed by atoms with E-state index in [1.165, 1.54) is 19.3 Å². The van der Waals surface area contributed by atoms with Gasteiger partial charge in [-0.05, 0) is 83.1 Å². The maximum atomic E-state index is 13.0. The van der Waals surface area contributed by atoms with Gasteiger partial charge in [-0.2, -0.15) is 0 Å². The van der Waals surface area contributed by atoms with Crippen LogP contribution in [0.5, 0.6) is 0 Å². The van der Waals surface area contributed by atoms with Crippen molar-refractivity contribution >= 4 is 33.4 Å². The lowest BCUT2D eigenvalue weighted by atomic mass is 9.85. The average molecular weight is 975 g/mol. The third-order valence-electron chi connectivity index (χ3n) is 9.92. The van der Waals surface area contributed by atoms with Crippen molar-refractivity contribution < 1.29 is 81.7 Å². The fraction of sp³-hybridized carbons (Fsp3) is 0.638. The Morgan fingerprint density at radius 3 is 1.59 bits per heavy atom. The van der Waals surface area contributed by atoms with Gasteiger partial charge in [-0.3, -0.25) is 28.0 Å². The van der Waals surface area contributed by atoms with Crippen LogP contribution in [0.1, 0.15) is 136 Å². The summed E-state index contributed by atoms with van der Waals surface area (Å²) in [7, 11) is -10.7. The number of aliphatic hydroxyl groups is 4. The first-order chi connectivity index (χ1) is 31.5. The molecule has 1 fully saturated rings. The van der Waals surface area contributed by atoms with Gasteiger partial charge in [0.15, 0.2) is 11.9 Å². The lowest BCUT2D eigenvalue weighted by Gasteiger charge is -2.43. The number of rotatable bonds is 37. The number of unbranched alkanes of at least 4 members (excludes halogenated alkanes) is 8. The Labute approximate surface area is 390 Å². The standard InChI is InChI=1S/C47H76O17P2/c1-3-5-7-8-9-10-11-12-13-14-17-21-24-27-31-35-41(50)62-39(37-61-66(58,59)64-47-44(53)42(51)43(52)46(45(47)54)63-65(55,56)57)36-60-40(49)34-30-26-23-20-18-15-16-19-22-25-29-33-38(48)32-28-6-4-2/h9-10,12-13,15-17,20-23,25,29,33,39,42-47,51-54H,3-8,11,14,18-19,24,26-28,30-32,34-37H2,1-2H3,(H,58,59)(H2,55,56,57)/b10-9-,13-12-,16-15-,21-17-,23-20-,25-22-,33-29+/t39-,42?,43?,44?,45?,46-,47+/m1/s1. The molecule has 1 saturated carbocycles. The Bertz CT molecular complexity index is 1670. The second kappa shape index (κ2) is 36.8. The molecule has 66 heavy (non-hydrogen) atoms. The molecule has 0 radical (unpaired) electrons. The molecule has 0 heterocycles. The van der Waals surface area contributed by atoms with Crippen LogP contribution in [0.2, 0.25) is 0 Å². The Hall–Kier alpha value is -3.15. The van der Waals surface area contributed by atoms with Crippen LogP contribution in [-0.4, -0.2) is 109 Å². The van der Waals surface area contributed by atoms with Gasteiger partial charge in [0.25, 0.3) is 0 Å². The van der Waals surface area contributed by atoms with Gasteiger partial charge >= 0.3 is 27.6 Å². The monoisotopic (exact) mass is 974 g/mol. The molecule has 7 N–H and O–H groups in total. The molecule has 1 aliphatic rings. The first kappa shape index (κ1) is 60.9. The number of ketones is 1. The second-order valence-corrected chi connectivity index (χ2v) is 18.4. The molecule has 0 bridgehead atoms. The van der Waals surface area contributed by atoms with E-state index in [9.17, 15) is 48.8 Å². The highest BCUT2D eigenvalue weighted by Gasteiger charge is 2.54. The van der Waals surface area contributed by atoms with Gasteiger partial charge in [0, 0.05) is 19.3 Å². The highest BCUT2D eigenvalue weighted by atomic mass is 31.2. The van der Waals surface area contributed by atoms with Crippen LogP contribution in [0.3, 0.4) is 0 Å². The van der Waals surface area contributed by atoms with Crippen LogP contribution < -0.4 is 0 Å². The molecule has 1 rings (SSSR count). The van der Waals surface area contributed by atoms with Crippen LogP contribution in [0.25, 0.3) is 0 Å². The van der Waals surface area contributed by atoms with Gasteiger partial charge in [-0.25, -0.2) is 9.13 Å². The molecule has 0 saturated heterocycles. The molecule has 5 unspecified atom stereocenters. The van der Waals surface area contributed by atoms with Crippen LogP contribution >= 0.6 is 15.6 Å². The van der Waals surface area contributed by atoms with Crippen molar-refractivity contribution in [2.45, 2.75) is 179 Å². The molecule has 0 aromatic heterocycles. The maximum absolute atomic E-state index is 13.0. The number of phosphoric acid groups is 2. The Morgan fingerprint density at radius 1 is 0.530 bits per heavy atom. The summed E-state index contributed by atoms with van der Waals surface area (Å²) in [5.74, 6) is -1.23. The molecule has 0 aromatic rings. The molecule has 8 atom stereocenters. The molecular formula is C47H76O17P2. The third kappa shape index (κ3) is 31.0. The average Bonchev–Trinajstić information content (AvgIpc) is 3.26. The number of aliphatic hydroxyl groups excluding tert-OH is 4. The van der Waals surface area contributed by atoms with Crippen molar-refractivity contribution in [2.24, 2.45) is 0 Å². The van der Waals surface area contributed by atoms with E-state index in [4.69, 9.17) is 28.3 Å². The molecule has 17 nitrogen and oxygen atoms in total. The fourth-order valence-electron chi connectivity index (χ4n) is 6.27. The number of phosphoric ester groups is 2. The van der Waals surface area contributed by atoms with Gasteiger partial charge in [0.1, 0.15) is 43.2 Å². The summed E-state index contributed by atoms with van der Waals surface area (Å²) >= 11 is 0. The van der Waals surface area contributed by atoms with Crippen molar-refractivity contribution in [1.29, 1.82) is 0 Å². The van der Waals surface area contributed by atoms with Gasteiger partial charge in [0.2, 0.25) is 0 Å². The van der Waals surface area contributed by atoms with E-state index in [0.717, 1.165) is 38.5 Å². The zero-order valence-electron chi connectivity index (χ0n) is 38.6. The van der Waals surface area contributed by atoms with Crippen molar-refractivity contribution in [3.63, 3.8) is 0 Å². The van der Waals surface area contributed by atoms with Crippen LogP contribution in [-0.2, 0) is 46.6 Å². The van der Waals surface area contributed by atoms with Crippen molar-refractivity contribution in [3.8, 4) is 0 Å². The smallest absolute Gasteiger partial charge is 0.462 e. The summed E-state index contributed by atoms with van der Waals surface area (Å²) in [4.78, 5) is 65.9. The summed E-state index contributed by atoms with van der Waals surface area (Å²) in [5.41, 5.74) is 0. The van der Waals surface area contributed by atoms with E-state index >= 15 is 0 Å². The lowest BCUT2D eigenvalue weighted by molar-refractivity contribution is -0.216. The summed E-state index contributed by atoms with van der Waals surface area (Å²) in [6.07, 6.45) is 26.8. The van der Waals surface area contributed by atoms with E-state index in [1.807, 2.05) is 48.6 Å². The van der Waals surface area contributed by atoms with E-state index in [-0.39, 0.29) is 18.6 Å². The maximum Gasteiger partial charge on any atom is 0.472 e. The third-order valence-corrected chi connectivity index (χ3v) is 11.4. The molecule has 376 valence electrons. The summed E-state index contributed by atoms with van der Waals surface area (Å²) < 4.78 is 49.2. The fourth-order valence-corrected chi connectivity index (χ4v) is 7.81. The van der Waals surface area contributed by atoms with Crippen LogP contribution in [0.4, 0.5) is 0 Å². The summed E-state index contributed by atoms with van der Waals surface area (Å²) in [6, 6.07) is 0. The van der Waals surface area contributed by atoms with Gasteiger partial charge in [-0.15, -0.1) is 0 Å². The minimum atomic E-state index is -5.38. The molecule has 1 aliphatic carbocycles. The number of hydrogen-bond donors (Lipinski definition) is 7. The van der Waals surface area contributed by atoms with Crippen LogP contribution in [0, 0.1) is 0 Å². The van der Waals surface area contributed by atoms with Crippen molar-refractivity contribution in [1.82, 2.24) is 0 Å². The highest BCUT2D eigenvalue weighted by molar-refractivity contribution is 7.47.